The molecule has 25 atom stereocenters. The SMILES string of the molecule is CC(=O)N[C@H]1[C@H](O[C@H]2[C@@H](O)[C@@H](CO)O[C@@H](O[C@@H]([C@H](O)[C@@H](O)CO)[C@H](O)CO)[C@@H]2O)O[C@H](CO)[C@@H](O[C@@H]2O[C@H](CO)[C@H](O)[C@H](O[C@]3(C(=O)O)C[C@H](O)[C@@H](NC(C)=O)[C@H]([C@H](O)[C@H](O)CO)O3)[C@H]2O)[C@@H]1O. The minimum Gasteiger partial charge on any atom is -0.477 e. The van der Waals surface area contributed by atoms with Crippen molar-refractivity contribution in [3.63, 3.8) is 0 Å². The van der Waals surface area contributed by atoms with Gasteiger partial charge in [0.25, 0.3) is 5.79 Å². The second-order valence-corrected chi connectivity index (χ2v) is 16.6. The highest BCUT2D eigenvalue weighted by Crippen LogP contribution is 2.39. The van der Waals surface area contributed by atoms with Crippen molar-refractivity contribution in [1.82, 2.24) is 10.6 Å². The first-order chi connectivity index (χ1) is 31.9. The third-order valence-corrected chi connectivity index (χ3v) is 11.7. The van der Waals surface area contributed by atoms with Gasteiger partial charge in [0, 0.05) is 20.3 Å². The lowest BCUT2D eigenvalue weighted by Crippen LogP contribution is -2.71. The van der Waals surface area contributed by atoms with Gasteiger partial charge in [-0.15, -0.1) is 0 Å². The summed E-state index contributed by atoms with van der Waals surface area (Å²) in [6.07, 6.45) is -46.5. The van der Waals surface area contributed by atoms with E-state index in [2.05, 4.69) is 10.6 Å². The maximum Gasteiger partial charge on any atom is 0.364 e. The Morgan fingerprint density at radius 2 is 1.09 bits per heavy atom. The first-order valence-corrected chi connectivity index (χ1v) is 21.2. The molecule has 396 valence electrons. The van der Waals surface area contributed by atoms with Gasteiger partial charge in [-0.2, -0.15) is 0 Å². The topological polar surface area (TPSA) is 513 Å². The highest BCUT2D eigenvalue weighted by atomic mass is 16.8. The van der Waals surface area contributed by atoms with E-state index in [0.717, 1.165) is 13.8 Å². The van der Waals surface area contributed by atoms with Gasteiger partial charge < -0.3 is 140 Å². The smallest absolute Gasteiger partial charge is 0.364 e. The molecule has 0 bridgehead atoms. The van der Waals surface area contributed by atoms with Crippen molar-refractivity contribution in [3.8, 4) is 0 Å². The Hall–Kier alpha value is -2.59. The molecular formula is C37H64N2O29. The van der Waals surface area contributed by atoms with E-state index in [1.165, 1.54) is 0 Å². The van der Waals surface area contributed by atoms with Crippen LogP contribution in [0.5, 0.6) is 0 Å². The summed E-state index contributed by atoms with van der Waals surface area (Å²) < 4.78 is 45.1. The van der Waals surface area contributed by atoms with E-state index in [4.69, 9.17) is 37.9 Å². The summed E-state index contributed by atoms with van der Waals surface area (Å²) in [6, 6.07) is -3.50. The molecule has 4 heterocycles. The van der Waals surface area contributed by atoms with Crippen LogP contribution in [-0.4, -0.2) is 302 Å². The number of carboxylic acid groups (broad SMARTS) is 1. The lowest BCUT2D eigenvalue weighted by molar-refractivity contribution is -0.388. The molecule has 68 heavy (non-hydrogen) atoms. The number of aliphatic hydroxyl groups excluding tert-OH is 17. The molecular weight excluding hydrogens is 936 g/mol. The van der Waals surface area contributed by atoms with Gasteiger partial charge in [-0.25, -0.2) is 4.79 Å². The molecule has 0 unspecified atom stereocenters. The first-order valence-electron chi connectivity index (χ1n) is 21.2. The number of aliphatic carboxylic acids is 1. The summed E-state index contributed by atoms with van der Waals surface area (Å²) in [5, 5.41) is 194. The van der Waals surface area contributed by atoms with Crippen molar-refractivity contribution in [2.45, 2.75) is 173 Å². The van der Waals surface area contributed by atoms with Gasteiger partial charge in [0.1, 0.15) is 116 Å². The maximum atomic E-state index is 12.9. The molecule has 0 aromatic heterocycles. The number of carbonyl (C=O) groups is 3. The van der Waals surface area contributed by atoms with Crippen LogP contribution in [0.2, 0.25) is 0 Å². The molecule has 31 heteroatoms. The fourth-order valence-electron chi connectivity index (χ4n) is 8.13. The monoisotopic (exact) mass is 1000 g/mol. The predicted molar refractivity (Wildman–Crippen MR) is 209 cm³/mol. The van der Waals surface area contributed by atoms with Crippen LogP contribution >= 0.6 is 0 Å². The Bertz CT molecular complexity index is 1610. The zero-order chi connectivity index (χ0) is 51.1. The number of hydrogen-bond donors (Lipinski definition) is 20. The summed E-state index contributed by atoms with van der Waals surface area (Å²) in [4.78, 5) is 37.4. The first kappa shape index (κ1) is 58.0. The lowest BCUT2D eigenvalue weighted by atomic mass is 9.88. The van der Waals surface area contributed by atoms with E-state index in [0.29, 0.717) is 0 Å². The van der Waals surface area contributed by atoms with Crippen molar-refractivity contribution in [3.05, 3.63) is 0 Å². The van der Waals surface area contributed by atoms with Crippen LogP contribution in [-0.2, 0) is 52.3 Å². The normalized spacial score (nSPS) is 41.7. The zero-order valence-electron chi connectivity index (χ0n) is 36.3. The van der Waals surface area contributed by atoms with Gasteiger partial charge in [-0.3, -0.25) is 9.59 Å². The molecule has 0 radical (unpaired) electrons. The van der Waals surface area contributed by atoms with E-state index in [1.54, 1.807) is 0 Å². The summed E-state index contributed by atoms with van der Waals surface area (Å²) in [7, 11) is 0. The fourth-order valence-corrected chi connectivity index (χ4v) is 8.13. The second kappa shape index (κ2) is 25.2. The third-order valence-electron chi connectivity index (χ3n) is 11.7. The lowest BCUT2D eigenvalue weighted by Gasteiger charge is -2.51. The summed E-state index contributed by atoms with van der Waals surface area (Å²) >= 11 is 0. The van der Waals surface area contributed by atoms with Gasteiger partial charge in [-0.05, 0) is 0 Å². The minimum absolute atomic E-state index is 0.816. The van der Waals surface area contributed by atoms with Crippen LogP contribution in [0.3, 0.4) is 0 Å². The molecule has 4 fully saturated rings. The van der Waals surface area contributed by atoms with Crippen molar-refractivity contribution < 1.29 is 144 Å². The number of rotatable bonds is 22. The van der Waals surface area contributed by atoms with Crippen molar-refractivity contribution in [2.24, 2.45) is 0 Å². The molecule has 31 nitrogen and oxygen atoms in total. The second-order valence-electron chi connectivity index (χ2n) is 16.6. The van der Waals surface area contributed by atoms with Crippen LogP contribution in [0.15, 0.2) is 0 Å². The van der Waals surface area contributed by atoms with Gasteiger partial charge >= 0.3 is 5.97 Å². The van der Waals surface area contributed by atoms with Crippen molar-refractivity contribution >= 4 is 17.8 Å². The number of carboxylic acids is 1. The Morgan fingerprint density at radius 1 is 0.603 bits per heavy atom. The van der Waals surface area contributed by atoms with Gasteiger partial charge in [0.05, 0.1) is 51.8 Å². The summed E-state index contributed by atoms with van der Waals surface area (Å²) in [5.41, 5.74) is 0. The van der Waals surface area contributed by atoms with Gasteiger partial charge in [-0.1, -0.05) is 0 Å². The number of amides is 2. The predicted octanol–water partition coefficient (Wildman–Crippen LogP) is -12.8. The molecule has 4 aliphatic heterocycles. The Labute approximate surface area is 385 Å². The van der Waals surface area contributed by atoms with Crippen LogP contribution < -0.4 is 10.6 Å². The Kier molecular flexibility index (Phi) is 21.5. The zero-order valence-corrected chi connectivity index (χ0v) is 36.3. The molecule has 4 saturated heterocycles. The molecule has 0 spiro atoms. The minimum atomic E-state index is -3.18. The average molecular weight is 1000 g/mol. The van der Waals surface area contributed by atoms with Crippen LogP contribution in [0.4, 0.5) is 0 Å². The summed E-state index contributed by atoms with van der Waals surface area (Å²) in [5.74, 6) is -6.96. The fraction of sp³-hybridized carbons (Fsp3) is 0.919. The van der Waals surface area contributed by atoms with Crippen molar-refractivity contribution in [1.29, 1.82) is 0 Å². The molecule has 20 N–H and O–H groups in total. The third kappa shape index (κ3) is 12.9. The van der Waals surface area contributed by atoms with Crippen LogP contribution in [0.25, 0.3) is 0 Å². The highest BCUT2D eigenvalue weighted by Gasteiger charge is 2.61. The largest absolute Gasteiger partial charge is 0.477 e. The number of carbonyl (C=O) groups excluding carboxylic acids is 2. The van der Waals surface area contributed by atoms with E-state index in [-0.39, 0.29) is 0 Å². The number of nitrogens with one attached hydrogen (secondary N) is 2. The Balaban J connectivity index is 1.64. The molecule has 2 amide bonds. The Morgan fingerprint density at radius 3 is 1.60 bits per heavy atom. The van der Waals surface area contributed by atoms with Crippen LogP contribution in [0.1, 0.15) is 20.3 Å². The van der Waals surface area contributed by atoms with E-state index in [1.807, 2.05) is 0 Å². The molecule has 0 saturated carbocycles. The standard InChI is InChI=1S/C37H64N2O29/c1-10(46)38-19-12(48)3-37(36(59)60,67-30(19)22(53)14(50)5-41)68-32-24(55)17(8-44)62-35(27(32)58)65-29-18(9-45)63-33(20(25(29)56)39-11(2)47)66-31-23(54)16(7-43)61-34(26(31)57)64-28(15(51)6-42)21(52)13(49)4-40/h12-35,40-45,48-58H,3-9H2,1-2H3,(H,38,46)(H,39,47)(H,59,60)/t12-,13-,14+,15+,16+,17+,18+,19+,20+,21+,22+,23-,24-,25+,26+,27+,28+,29+,30+,31-,32-,33-,34-,35-,37-/m0/s1. The summed E-state index contributed by atoms with van der Waals surface area (Å²) in [6.45, 7) is -4.59. The van der Waals surface area contributed by atoms with E-state index in [9.17, 15) is 106 Å². The highest BCUT2D eigenvalue weighted by molar-refractivity contribution is 5.76. The average Bonchev–Trinajstić information content (AvgIpc) is 3.30. The van der Waals surface area contributed by atoms with Gasteiger partial charge in [0.2, 0.25) is 11.8 Å². The number of aliphatic hydroxyl groups is 17. The number of hydrogen-bond acceptors (Lipinski definition) is 28. The molecule has 0 aromatic rings. The van der Waals surface area contributed by atoms with Crippen molar-refractivity contribution in [2.75, 3.05) is 39.6 Å². The quantitative estimate of drug-likeness (QED) is 0.0479. The molecule has 0 aliphatic carbocycles. The molecule has 4 aliphatic rings. The number of ether oxygens (including phenoxy) is 8. The van der Waals surface area contributed by atoms with E-state index < -0.39 is 217 Å². The maximum absolute atomic E-state index is 12.9. The molecule has 0 aromatic carbocycles. The van der Waals surface area contributed by atoms with Gasteiger partial charge in [0.15, 0.2) is 18.9 Å². The molecule has 4 rings (SSSR count). The van der Waals surface area contributed by atoms with E-state index >= 15 is 0 Å². The van der Waals surface area contributed by atoms with Crippen LogP contribution in [0, 0.1) is 0 Å².